The molecule has 0 aliphatic heterocycles. The van der Waals surface area contributed by atoms with Crippen molar-refractivity contribution in [3.8, 4) is 40.3 Å². The fourth-order valence-electron chi connectivity index (χ4n) is 8.81. The van der Waals surface area contributed by atoms with Gasteiger partial charge in [0, 0.05) is 43.7 Å². The molecular weight excluding hydrogens is 671 g/mol. The van der Waals surface area contributed by atoms with Crippen LogP contribution in [0, 0.1) is 22.7 Å². The molecule has 0 aliphatic carbocycles. The zero-order chi connectivity index (χ0) is 36.6. The Kier molecular flexibility index (Phi) is 6.61. The molecule has 0 saturated carbocycles. The second kappa shape index (κ2) is 11.8. The first-order valence-electron chi connectivity index (χ1n) is 18.3. The first kappa shape index (κ1) is 30.7. The molecule has 0 bridgehead atoms. The normalized spacial score (nSPS) is 11.6. The van der Waals surface area contributed by atoms with Crippen LogP contribution < -0.4 is 0 Å². The number of benzene rings is 8. The molecule has 3 heterocycles. The van der Waals surface area contributed by atoms with Crippen LogP contribution in [-0.4, -0.2) is 13.7 Å². The fourth-order valence-corrected chi connectivity index (χ4v) is 8.81. The lowest BCUT2D eigenvalue weighted by Gasteiger charge is -2.14. The van der Waals surface area contributed by atoms with E-state index in [0.29, 0.717) is 11.1 Å². The van der Waals surface area contributed by atoms with Gasteiger partial charge in [0.2, 0.25) is 0 Å². The lowest BCUT2D eigenvalue weighted by molar-refractivity contribution is 1.16. The quantitative estimate of drug-likeness (QED) is 0.184. The van der Waals surface area contributed by atoms with Crippen molar-refractivity contribution in [3.05, 3.63) is 187 Å². The van der Waals surface area contributed by atoms with E-state index in [0.717, 1.165) is 82.8 Å². The Hall–Kier alpha value is -7.86. The molecule has 11 rings (SSSR count). The number of hydrogen-bond donors (Lipinski definition) is 0. The maximum atomic E-state index is 10.6. The van der Waals surface area contributed by atoms with Crippen LogP contribution in [0.25, 0.3) is 93.6 Å². The van der Waals surface area contributed by atoms with Crippen LogP contribution in [0.4, 0.5) is 0 Å². The summed E-state index contributed by atoms with van der Waals surface area (Å²) < 4.78 is 6.79. The molecule has 254 valence electrons. The van der Waals surface area contributed by atoms with E-state index in [-0.39, 0.29) is 0 Å². The van der Waals surface area contributed by atoms with Crippen molar-refractivity contribution in [3.63, 3.8) is 0 Å². The third-order valence-electron chi connectivity index (χ3n) is 11.1. The Balaban J connectivity index is 1.08. The van der Waals surface area contributed by atoms with Gasteiger partial charge in [0.15, 0.2) is 0 Å². The number of nitrogens with zero attached hydrogens (tertiary/aromatic N) is 5. The average molecular weight is 700 g/mol. The van der Waals surface area contributed by atoms with Gasteiger partial charge in [0.05, 0.1) is 56.0 Å². The molecule has 0 unspecified atom stereocenters. The zero-order valence-electron chi connectivity index (χ0n) is 29.5. The summed E-state index contributed by atoms with van der Waals surface area (Å²) in [5.41, 5.74) is 12.3. The summed E-state index contributed by atoms with van der Waals surface area (Å²) in [4.78, 5) is 0. The van der Waals surface area contributed by atoms with E-state index in [1.807, 2.05) is 12.1 Å². The second-order valence-electron chi connectivity index (χ2n) is 13.9. The fraction of sp³-hybridized carbons (Fsp3) is 0. The number of rotatable bonds is 4. The van der Waals surface area contributed by atoms with Gasteiger partial charge in [-0.1, -0.05) is 109 Å². The van der Waals surface area contributed by atoms with Crippen LogP contribution in [0.3, 0.4) is 0 Å². The molecule has 0 atom stereocenters. The first-order chi connectivity index (χ1) is 27.2. The van der Waals surface area contributed by atoms with E-state index in [2.05, 4.69) is 190 Å². The molecule has 55 heavy (non-hydrogen) atoms. The number of nitriles is 2. The van der Waals surface area contributed by atoms with Gasteiger partial charge in [-0.3, -0.25) is 0 Å². The molecule has 0 aliphatic rings. The van der Waals surface area contributed by atoms with Crippen LogP contribution in [0.1, 0.15) is 11.1 Å². The lowest BCUT2D eigenvalue weighted by Crippen LogP contribution is -2.00. The highest BCUT2D eigenvalue weighted by molar-refractivity contribution is 6.17. The van der Waals surface area contributed by atoms with Crippen molar-refractivity contribution in [2.24, 2.45) is 0 Å². The number of para-hydroxylation sites is 5. The van der Waals surface area contributed by atoms with Crippen molar-refractivity contribution in [1.29, 1.82) is 10.5 Å². The molecule has 0 fully saturated rings. The lowest BCUT2D eigenvalue weighted by atomic mass is 9.99. The number of fused-ring (bicyclic) bond motifs is 9. The maximum absolute atomic E-state index is 10.6. The topological polar surface area (TPSA) is 62.4 Å². The van der Waals surface area contributed by atoms with Gasteiger partial charge in [-0.25, -0.2) is 0 Å². The molecule has 0 spiro atoms. The highest BCUT2D eigenvalue weighted by atomic mass is 15.0. The molecule has 0 amide bonds. The standard InChI is InChI=1S/C50H29N5/c51-30-33-23-28-48-49(50(33)55-45-18-8-3-13-40(45)41-14-4-9-19-46(41)55)42-15-5-10-20-47(42)53(48)35-24-21-32(22-25-35)37-27-26-36(29-34(37)31-52)54-43-16-6-1-11-38(43)39-12-2-7-17-44(39)54/h1-29H. The predicted octanol–water partition coefficient (Wildman–Crippen LogP) is 12.4. The van der Waals surface area contributed by atoms with E-state index in [1.54, 1.807) is 0 Å². The second-order valence-corrected chi connectivity index (χ2v) is 13.9. The summed E-state index contributed by atoms with van der Waals surface area (Å²) in [5, 5.41) is 27.8. The minimum absolute atomic E-state index is 0.615. The van der Waals surface area contributed by atoms with Gasteiger partial charge in [-0.2, -0.15) is 10.5 Å². The van der Waals surface area contributed by atoms with Crippen molar-refractivity contribution in [2.45, 2.75) is 0 Å². The Morgan fingerprint density at radius 1 is 0.345 bits per heavy atom. The molecular formula is C50H29N5. The highest BCUT2D eigenvalue weighted by Gasteiger charge is 2.22. The molecule has 3 aromatic heterocycles. The molecule has 0 radical (unpaired) electrons. The van der Waals surface area contributed by atoms with Gasteiger partial charge in [0.25, 0.3) is 0 Å². The van der Waals surface area contributed by atoms with Gasteiger partial charge >= 0.3 is 0 Å². The van der Waals surface area contributed by atoms with Crippen LogP contribution >= 0.6 is 0 Å². The molecule has 0 saturated heterocycles. The third-order valence-corrected chi connectivity index (χ3v) is 11.1. The predicted molar refractivity (Wildman–Crippen MR) is 224 cm³/mol. The Morgan fingerprint density at radius 3 is 1.31 bits per heavy atom. The summed E-state index contributed by atoms with van der Waals surface area (Å²) in [6.45, 7) is 0. The Morgan fingerprint density at radius 2 is 0.782 bits per heavy atom. The van der Waals surface area contributed by atoms with E-state index in [4.69, 9.17) is 0 Å². The van der Waals surface area contributed by atoms with E-state index in [1.165, 1.54) is 10.8 Å². The van der Waals surface area contributed by atoms with Crippen molar-refractivity contribution in [1.82, 2.24) is 13.7 Å². The Bertz CT molecular complexity index is 3350. The largest absolute Gasteiger partial charge is 0.309 e. The van der Waals surface area contributed by atoms with Crippen LogP contribution in [0.2, 0.25) is 0 Å². The van der Waals surface area contributed by atoms with Gasteiger partial charge < -0.3 is 13.7 Å². The van der Waals surface area contributed by atoms with Gasteiger partial charge in [0.1, 0.15) is 6.07 Å². The van der Waals surface area contributed by atoms with Crippen molar-refractivity contribution >= 4 is 65.4 Å². The van der Waals surface area contributed by atoms with Crippen molar-refractivity contribution < 1.29 is 0 Å². The number of hydrogen-bond acceptors (Lipinski definition) is 2. The molecule has 0 N–H and O–H groups in total. The smallest absolute Gasteiger partial charge is 0.101 e. The average Bonchev–Trinajstić information content (AvgIpc) is 3.89. The summed E-state index contributed by atoms with van der Waals surface area (Å²) in [6.07, 6.45) is 0. The molecule has 8 aromatic carbocycles. The minimum atomic E-state index is 0.615. The summed E-state index contributed by atoms with van der Waals surface area (Å²) >= 11 is 0. The monoisotopic (exact) mass is 699 g/mol. The van der Waals surface area contributed by atoms with E-state index in [9.17, 15) is 10.5 Å². The van der Waals surface area contributed by atoms with Gasteiger partial charge in [-0.15, -0.1) is 0 Å². The summed E-state index contributed by atoms with van der Waals surface area (Å²) in [5.74, 6) is 0. The molecule has 5 nitrogen and oxygen atoms in total. The van der Waals surface area contributed by atoms with Crippen LogP contribution in [0.5, 0.6) is 0 Å². The maximum Gasteiger partial charge on any atom is 0.101 e. The number of aromatic nitrogens is 3. The van der Waals surface area contributed by atoms with Gasteiger partial charge in [-0.05, 0) is 77.9 Å². The summed E-state index contributed by atoms with van der Waals surface area (Å²) in [7, 11) is 0. The van der Waals surface area contributed by atoms with E-state index < -0.39 is 0 Å². The van der Waals surface area contributed by atoms with Crippen LogP contribution in [0.15, 0.2) is 176 Å². The third kappa shape index (κ3) is 4.39. The SMILES string of the molecule is N#Cc1cc(-n2c3ccccc3c3ccccc32)ccc1-c1ccc(-n2c3ccccc3c3c(-n4c5ccccc5c5ccccc54)c(C#N)ccc32)cc1. The molecule has 5 heteroatoms. The van der Waals surface area contributed by atoms with E-state index >= 15 is 0 Å². The highest BCUT2D eigenvalue weighted by Crippen LogP contribution is 2.42. The zero-order valence-corrected chi connectivity index (χ0v) is 29.5. The first-order valence-corrected chi connectivity index (χ1v) is 18.3. The Labute approximate surface area is 316 Å². The summed E-state index contributed by atoms with van der Waals surface area (Å²) in [6, 6.07) is 65.8. The molecule has 11 aromatic rings. The van der Waals surface area contributed by atoms with Crippen LogP contribution in [-0.2, 0) is 0 Å². The van der Waals surface area contributed by atoms with Crippen molar-refractivity contribution in [2.75, 3.05) is 0 Å². The minimum Gasteiger partial charge on any atom is -0.309 e.